The van der Waals surface area contributed by atoms with Crippen molar-refractivity contribution < 1.29 is 40.8 Å². The molecule has 0 saturated heterocycles. The Morgan fingerprint density at radius 3 is 2.26 bits per heavy atom. The lowest BCUT2D eigenvalue weighted by molar-refractivity contribution is -0.210. The minimum absolute atomic E-state index is 0.213. The molecule has 4 saturated carbocycles. The van der Waals surface area contributed by atoms with Crippen molar-refractivity contribution in [2.24, 2.45) is 17.3 Å². The summed E-state index contributed by atoms with van der Waals surface area (Å²) in [6.45, 7) is 4.71. The van der Waals surface area contributed by atoms with E-state index in [9.17, 15) is 26.8 Å². The van der Waals surface area contributed by atoms with Crippen LogP contribution in [0.1, 0.15) is 45.4 Å². The van der Waals surface area contributed by atoms with E-state index in [0.717, 1.165) is 6.42 Å². The summed E-state index contributed by atoms with van der Waals surface area (Å²) in [7, 11) is -5.90. The van der Waals surface area contributed by atoms with Gasteiger partial charge < -0.3 is 9.47 Å². The number of carbonyl (C=O) groups is 2. The Morgan fingerprint density at radius 1 is 1.22 bits per heavy atom. The van der Waals surface area contributed by atoms with E-state index in [2.05, 4.69) is 11.3 Å². The first-order valence-corrected chi connectivity index (χ1v) is 10.1. The van der Waals surface area contributed by atoms with Gasteiger partial charge in [-0.1, -0.05) is 6.58 Å². The van der Waals surface area contributed by atoms with Crippen LogP contribution >= 0.6 is 0 Å². The van der Waals surface area contributed by atoms with Crippen LogP contribution in [0.2, 0.25) is 0 Å². The second kappa shape index (κ2) is 6.23. The van der Waals surface area contributed by atoms with Crippen molar-refractivity contribution in [2.45, 2.75) is 56.3 Å². The van der Waals surface area contributed by atoms with Gasteiger partial charge in [-0.15, -0.1) is 0 Å². The van der Waals surface area contributed by atoms with Gasteiger partial charge in [0, 0.05) is 11.0 Å². The third-order valence-electron chi connectivity index (χ3n) is 5.86. The molecule has 4 aliphatic rings. The van der Waals surface area contributed by atoms with E-state index in [0.29, 0.717) is 32.1 Å². The Hall–Kier alpha value is -1.55. The molecule has 0 radical (unpaired) electrons. The van der Waals surface area contributed by atoms with Gasteiger partial charge in [-0.2, -0.15) is 17.2 Å². The molecule has 10 heteroatoms. The van der Waals surface area contributed by atoms with Gasteiger partial charge in [0.1, 0.15) is 5.60 Å². The standard InChI is InChI=1S/C17H22F2O7S/c1-10(2)13(20)26-16-6-11-3-12(7-16)5-15(4-11,8-16)9-25-14(21)17(18,19)27(22,23)24/h11-12H,1,3-9H2,2H3,(H,22,23,24). The van der Waals surface area contributed by atoms with E-state index >= 15 is 0 Å². The molecule has 4 rings (SSSR count). The molecule has 27 heavy (non-hydrogen) atoms. The lowest BCUT2D eigenvalue weighted by atomic mass is 9.48. The summed E-state index contributed by atoms with van der Waals surface area (Å²) >= 11 is 0. The van der Waals surface area contributed by atoms with Crippen molar-refractivity contribution in [1.82, 2.24) is 0 Å². The SMILES string of the molecule is C=C(C)C(=O)OC12CC3CC(CC(COC(=O)C(F)(F)S(=O)(=O)O)(C3)C1)C2. The maximum absolute atomic E-state index is 13.4. The van der Waals surface area contributed by atoms with E-state index in [1.54, 1.807) is 0 Å². The van der Waals surface area contributed by atoms with Gasteiger partial charge in [-0.3, -0.25) is 4.55 Å². The molecule has 0 aromatic heterocycles. The molecule has 0 aliphatic heterocycles. The molecule has 4 aliphatic carbocycles. The number of hydrogen-bond donors (Lipinski definition) is 1. The van der Waals surface area contributed by atoms with Crippen molar-refractivity contribution in [3.63, 3.8) is 0 Å². The summed E-state index contributed by atoms with van der Waals surface area (Å²) in [5.41, 5.74) is -1.12. The van der Waals surface area contributed by atoms with Crippen molar-refractivity contribution in [3.8, 4) is 0 Å². The first-order chi connectivity index (χ1) is 12.3. The van der Waals surface area contributed by atoms with Crippen LogP contribution in [0, 0.1) is 17.3 Å². The Kier molecular flexibility index (Phi) is 4.66. The zero-order chi connectivity index (χ0) is 20.3. The predicted molar refractivity (Wildman–Crippen MR) is 88.2 cm³/mol. The lowest BCUT2D eigenvalue weighted by Crippen LogP contribution is -2.59. The molecular weight excluding hydrogens is 386 g/mol. The molecule has 7 nitrogen and oxygen atoms in total. The molecule has 2 unspecified atom stereocenters. The van der Waals surface area contributed by atoms with Crippen molar-refractivity contribution in [3.05, 3.63) is 12.2 Å². The average molecular weight is 408 g/mol. The number of carbonyl (C=O) groups excluding carboxylic acids is 2. The predicted octanol–water partition coefficient (Wildman–Crippen LogP) is 2.47. The lowest BCUT2D eigenvalue weighted by Gasteiger charge is -2.60. The van der Waals surface area contributed by atoms with Crippen LogP contribution in [0.15, 0.2) is 12.2 Å². The third-order valence-corrected chi connectivity index (χ3v) is 6.67. The largest absolute Gasteiger partial charge is 0.465 e. The summed E-state index contributed by atoms with van der Waals surface area (Å²) in [6.07, 6.45) is 3.87. The number of ether oxygens (including phenoxy) is 2. The number of hydrogen-bond acceptors (Lipinski definition) is 6. The number of esters is 2. The molecule has 1 N–H and O–H groups in total. The molecule has 0 aromatic carbocycles. The van der Waals surface area contributed by atoms with Gasteiger partial charge in [-0.05, 0) is 57.3 Å². The number of rotatable bonds is 6. The van der Waals surface area contributed by atoms with Crippen LogP contribution in [-0.4, -0.2) is 42.4 Å². The normalized spacial score (nSPS) is 35.0. The molecule has 4 fully saturated rings. The van der Waals surface area contributed by atoms with Crippen LogP contribution in [0.5, 0.6) is 0 Å². The Morgan fingerprint density at radius 2 is 1.78 bits per heavy atom. The molecular formula is C17H22F2O7S. The Bertz CT molecular complexity index is 775. The Labute approximate surface area is 155 Å². The minimum atomic E-state index is -5.90. The second-order valence-electron chi connectivity index (χ2n) is 8.38. The summed E-state index contributed by atoms with van der Waals surface area (Å²) < 4.78 is 67.1. The molecule has 0 spiro atoms. The zero-order valence-corrected chi connectivity index (χ0v) is 15.7. The summed E-state index contributed by atoms with van der Waals surface area (Å²) in [4.78, 5) is 23.6. The second-order valence-corrected chi connectivity index (χ2v) is 9.84. The molecule has 0 heterocycles. The summed E-state index contributed by atoms with van der Waals surface area (Å²) in [6, 6.07) is 0. The van der Waals surface area contributed by atoms with Gasteiger partial charge in [0.25, 0.3) is 0 Å². The minimum Gasteiger partial charge on any atom is -0.460 e. The smallest absolute Gasteiger partial charge is 0.460 e. The van der Waals surface area contributed by atoms with Gasteiger partial charge >= 0.3 is 27.3 Å². The fourth-order valence-electron chi connectivity index (χ4n) is 5.34. The molecule has 4 bridgehead atoms. The third kappa shape index (κ3) is 3.61. The van der Waals surface area contributed by atoms with Gasteiger partial charge in [0.2, 0.25) is 0 Å². The first-order valence-electron chi connectivity index (χ1n) is 8.69. The van der Waals surface area contributed by atoms with Crippen LogP contribution in [0.4, 0.5) is 8.78 Å². The maximum atomic E-state index is 13.4. The summed E-state index contributed by atoms with van der Waals surface area (Å²) in [5, 5.41) is -5.01. The van der Waals surface area contributed by atoms with Gasteiger partial charge in [-0.25, -0.2) is 9.59 Å². The van der Waals surface area contributed by atoms with Crippen molar-refractivity contribution in [1.29, 1.82) is 0 Å². The van der Waals surface area contributed by atoms with Crippen LogP contribution in [-0.2, 0) is 29.2 Å². The van der Waals surface area contributed by atoms with Gasteiger partial charge in [0.15, 0.2) is 0 Å². The highest BCUT2D eigenvalue weighted by molar-refractivity contribution is 7.87. The van der Waals surface area contributed by atoms with E-state index in [1.807, 2.05) is 0 Å². The number of alkyl halides is 2. The van der Waals surface area contributed by atoms with Crippen molar-refractivity contribution in [2.75, 3.05) is 6.61 Å². The molecule has 2 atom stereocenters. The highest BCUT2D eigenvalue weighted by Crippen LogP contribution is 2.63. The highest BCUT2D eigenvalue weighted by Gasteiger charge is 2.61. The highest BCUT2D eigenvalue weighted by atomic mass is 32.2. The average Bonchev–Trinajstić information content (AvgIpc) is 2.49. The molecule has 0 amide bonds. The fourth-order valence-corrected chi connectivity index (χ4v) is 5.61. The monoisotopic (exact) mass is 408 g/mol. The zero-order valence-electron chi connectivity index (χ0n) is 14.9. The van der Waals surface area contributed by atoms with E-state index in [4.69, 9.17) is 9.29 Å². The first kappa shape index (κ1) is 20.2. The topological polar surface area (TPSA) is 107 Å². The summed E-state index contributed by atoms with van der Waals surface area (Å²) in [5.74, 6) is -2.38. The quantitative estimate of drug-likeness (QED) is 0.409. The van der Waals surface area contributed by atoms with Gasteiger partial charge in [0.05, 0.1) is 6.61 Å². The van der Waals surface area contributed by atoms with E-state index in [-0.39, 0.29) is 17.4 Å². The maximum Gasteiger partial charge on any atom is 0.465 e. The van der Waals surface area contributed by atoms with Crippen molar-refractivity contribution >= 4 is 22.1 Å². The van der Waals surface area contributed by atoms with E-state index in [1.165, 1.54) is 6.92 Å². The fraction of sp³-hybridized carbons (Fsp3) is 0.765. The van der Waals surface area contributed by atoms with Crippen LogP contribution in [0.25, 0.3) is 0 Å². The molecule has 0 aromatic rings. The van der Waals surface area contributed by atoms with Crippen LogP contribution < -0.4 is 0 Å². The van der Waals surface area contributed by atoms with E-state index < -0.39 is 44.9 Å². The molecule has 152 valence electrons. The Balaban J connectivity index is 1.75. The van der Waals surface area contributed by atoms with Crippen LogP contribution in [0.3, 0.4) is 0 Å². The number of halogens is 2.